The van der Waals surface area contributed by atoms with Crippen LogP contribution >= 0.6 is 0 Å². The molecule has 1 saturated heterocycles. The number of hydrogen-bond acceptors (Lipinski definition) is 4. The summed E-state index contributed by atoms with van der Waals surface area (Å²) >= 11 is 0. The van der Waals surface area contributed by atoms with Crippen LogP contribution in [0.25, 0.3) is 0 Å². The van der Waals surface area contributed by atoms with Crippen molar-refractivity contribution in [2.75, 3.05) is 0 Å². The summed E-state index contributed by atoms with van der Waals surface area (Å²) in [5.41, 5.74) is 1.85. The van der Waals surface area contributed by atoms with Gasteiger partial charge in [0.1, 0.15) is 5.75 Å². The largest absolute Gasteiger partial charge is 0.507 e. The van der Waals surface area contributed by atoms with Crippen LogP contribution in [0.1, 0.15) is 95.5 Å². The van der Waals surface area contributed by atoms with Gasteiger partial charge in [0.05, 0.1) is 5.56 Å². The third-order valence-corrected chi connectivity index (χ3v) is 4.76. The lowest BCUT2D eigenvalue weighted by Crippen LogP contribution is -2.03. The standard InChI is InChI=1S/C21H34O4/c1-3-4-5-6-7-8-9-10-11-12-13-18-14-15-20(22)19(16-18)21-23-17(2)24-25-21/h14-17,21-22H,3-13H2,1-2H3. The fraction of sp³-hybridized carbons (Fsp3) is 0.714. The van der Waals surface area contributed by atoms with Gasteiger partial charge in [-0.15, -0.1) is 0 Å². The summed E-state index contributed by atoms with van der Waals surface area (Å²) in [6.07, 6.45) is 13.4. The normalized spacial score (nSPS) is 20.2. The molecule has 1 fully saturated rings. The Balaban J connectivity index is 1.61. The highest BCUT2D eigenvalue weighted by atomic mass is 17.3. The van der Waals surface area contributed by atoms with E-state index in [0.29, 0.717) is 5.56 Å². The van der Waals surface area contributed by atoms with Gasteiger partial charge in [0, 0.05) is 0 Å². The summed E-state index contributed by atoms with van der Waals surface area (Å²) in [5.74, 6) is 0.189. The number of benzene rings is 1. The Morgan fingerprint density at radius 2 is 1.52 bits per heavy atom. The van der Waals surface area contributed by atoms with E-state index in [9.17, 15) is 5.11 Å². The van der Waals surface area contributed by atoms with Gasteiger partial charge < -0.3 is 9.84 Å². The van der Waals surface area contributed by atoms with Gasteiger partial charge >= 0.3 is 0 Å². The van der Waals surface area contributed by atoms with E-state index in [2.05, 4.69) is 6.92 Å². The molecule has 0 saturated carbocycles. The molecule has 0 amide bonds. The smallest absolute Gasteiger partial charge is 0.223 e. The Morgan fingerprint density at radius 1 is 0.880 bits per heavy atom. The van der Waals surface area contributed by atoms with Crippen LogP contribution < -0.4 is 0 Å². The average molecular weight is 350 g/mol. The van der Waals surface area contributed by atoms with Crippen LogP contribution in [0.4, 0.5) is 0 Å². The van der Waals surface area contributed by atoms with Crippen molar-refractivity contribution in [3.63, 3.8) is 0 Å². The number of unbranched alkanes of at least 4 members (excludes halogenated alkanes) is 9. The minimum Gasteiger partial charge on any atom is -0.507 e. The molecule has 1 heterocycles. The Kier molecular flexibility index (Phi) is 9.30. The molecule has 1 aliphatic heterocycles. The van der Waals surface area contributed by atoms with Crippen molar-refractivity contribution < 1.29 is 19.6 Å². The summed E-state index contributed by atoms with van der Waals surface area (Å²) in [6.45, 7) is 4.03. The van der Waals surface area contributed by atoms with Crippen molar-refractivity contribution in [1.29, 1.82) is 0 Å². The maximum Gasteiger partial charge on any atom is 0.223 e. The minimum atomic E-state index is -0.636. The predicted molar refractivity (Wildman–Crippen MR) is 99.1 cm³/mol. The van der Waals surface area contributed by atoms with E-state index >= 15 is 0 Å². The lowest BCUT2D eigenvalue weighted by Gasteiger charge is -2.11. The Labute approximate surface area is 152 Å². The van der Waals surface area contributed by atoms with Gasteiger partial charge in [-0.1, -0.05) is 70.8 Å². The topological polar surface area (TPSA) is 47.9 Å². The van der Waals surface area contributed by atoms with Gasteiger partial charge in [0.15, 0.2) is 6.29 Å². The fourth-order valence-electron chi connectivity index (χ4n) is 3.24. The van der Waals surface area contributed by atoms with E-state index in [1.54, 1.807) is 13.0 Å². The molecule has 0 aromatic heterocycles. The molecule has 4 nitrogen and oxygen atoms in total. The highest BCUT2D eigenvalue weighted by molar-refractivity contribution is 5.37. The third kappa shape index (κ3) is 7.35. The van der Waals surface area contributed by atoms with Crippen molar-refractivity contribution in [2.24, 2.45) is 0 Å². The zero-order chi connectivity index (χ0) is 17.9. The maximum atomic E-state index is 10.0. The minimum absolute atomic E-state index is 0.189. The number of hydrogen-bond donors (Lipinski definition) is 1. The predicted octanol–water partition coefficient (Wildman–Crippen LogP) is 6.18. The van der Waals surface area contributed by atoms with Gasteiger partial charge in [0.2, 0.25) is 6.29 Å². The molecule has 1 N–H and O–H groups in total. The van der Waals surface area contributed by atoms with Gasteiger partial charge in [-0.05, 0) is 37.5 Å². The summed E-state index contributed by atoms with van der Waals surface area (Å²) in [6, 6.07) is 5.66. The first-order chi connectivity index (χ1) is 12.2. The lowest BCUT2D eigenvalue weighted by atomic mass is 10.0. The molecule has 1 aromatic carbocycles. The van der Waals surface area contributed by atoms with Crippen LogP contribution in [-0.4, -0.2) is 11.4 Å². The highest BCUT2D eigenvalue weighted by Crippen LogP contribution is 2.34. The van der Waals surface area contributed by atoms with Gasteiger partial charge in [-0.2, -0.15) is 4.89 Å². The second kappa shape index (κ2) is 11.5. The van der Waals surface area contributed by atoms with E-state index < -0.39 is 12.6 Å². The molecule has 142 valence electrons. The average Bonchev–Trinajstić information content (AvgIpc) is 3.04. The van der Waals surface area contributed by atoms with Crippen molar-refractivity contribution in [3.05, 3.63) is 29.3 Å². The summed E-state index contributed by atoms with van der Waals surface area (Å²) < 4.78 is 5.48. The first-order valence-corrected chi connectivity index (χ1v) is 10.00. The van der Waals surface area contributed by atoms with Crippen molar-refractivity contribution in [3.8, 4) is 5.75 Å². The molecule has 2 atom stereocenters. The number of rotatable bonds is 12. The van der Waals surface area contributed by atoms with E-state index in [4.69, 9.17) is 14.5 Å². The van der Waals surface area contributed by atoms with Gasteiger partial charge in [-0.25, -0.2) is 4.89 Å². The molecular formula is C21H34O4. The molecule has 2 unspecified atom stereocenters. The Bertz CT molecular complexity index is 489. The SMILES string of the molecule is CCCCCCCCCCCCc1ccc(O)c(C2OOC(C)O2)c1. The third-order valence-electron chi connectivity index (χ3n) is 4.76. The van der Waals surface area contributed by atoms with Crippen LogP contribution in [0.5, 0.6) is 5.75 Å². The molecule has 0 radical (unpaired) electrons. The molecule has 1 aliphatic rings. The quantitative estimate of drug-likeness (QED) is 0.361. The van der Waals surface area contributed by atoms with Crippen LogP contribution in [0, 0.1) is 0 Å². The Hall–Kier alpha value is -1.10. The molecule has 25 heavy (non-hydrogen) atoms. The first-order valence-electron chi connectivity index (χ1n) is 10.00. The molecular weight excluding hydrogens is 316 g/mol. The molecule has 2 rings (SSSR count). The monoisotopic (exact) mass is 350 g/mol. The number of ether oxygens (including phenoxy) is 1. The van der Waals surface area contributed by atoms with Crippen molar-refractivity contribution in [2.45, 2.75) is 97.1 Å². The zero-order valence-corrected chi connectivity index (χ0v) is 15.8. The van der Waals surface area contributed by atoms with E-state index in [1.807, 2.05) is 12.1 Å². The maximum absolute atomic E-state index is 10.0. The number of aromatic hydroxyl groups is 1. The summed E-state index contributed by atoms with van der Waals surface area (Å²) in [7, 11) is 0. The first kappa shape index (κ1) is 20.2. The van der Waals surface area contributed by atoms with Crippen LogP contribution in [-0.2, 0) is 20.9 Å². The molecule has 1 aromatic rings. The molecule has 0 aliphatic carbocycles. The molecule has 4 heteroatoms. The second-order valence-corrected chi connectivity index (χ2v) is 7.05. The Morgan fingerprint density at radius 3 is 2.12 bits per heavy atom. The van der Waals surface area contributed by atoms with E-state index in [1.165, 1.54) is 69.8 Å². The van der Waals surface area contributed by atoms with Crippen molar-refractivity contribution in [1.82, 2.24) is 0 Å². The van der Waals surface area contributed by atoms with Crippen molar-refractivity contribution >= 4 is 0 Å². The fourth-order valence-corrected chi connectivity index (χ4v) is 3.24. The lowest BCUT2D eigenvalue weighted by molar-refractivity contribution is -0.295. The zero-order valence-electron chi connectivity index (χ0n) is 15.8. The number of phenolic OH excluding ortho intramolecular Hbond substituents is 1. The molecule has 0 spiro atoms. The van der Waals surface area contributed by atoms with E-state index in [-0.39, 0.29) is 5.75 Å². The summed E-state index contributed by atoms with van der Waals surface area (Å²) in [5, 5.41) is 10.0. The number of phenols is 1. The van der Waals surface area contributed by atoms with Gasteiger partial charge in [-0.3, -0.25) is 0 Å². The van der Waals surface area contributed by atoms with Crippen LogP contribution in [0.2, 0.25) is 0 Å². The highest BCUT2D eigenvalue weighted by Gasteiger charge is 2.28. The molecule has 0 bridgehead atoms. The van der Waals surface area contributed by atoms with Gasteiger partial charge in [0.25, 0.3) is 0 Å². The van der Waals surface area contributed by atoms with Crippen LogP contribution in [0.3, 0.4) is 0 Å². The van der Waals surface area contributed by atoms with E-state index in [0.717, 1.165) is 6.42 Å². The second-order valence-electron chi connectivity index (χ2n) is 7.05. The number of aryl methyl sites for hydroxylation is 1. The van der Waals surface area contributed by atoms with Crippen LogP contribution in [0.15, 0.2) is 18.2 Å². The summed E-state index contributed by atoms with van der Waals surface area (Å²) in [4.78, 5) is 10.1.